The third-order valence-corrected chi connectivity index (χ3v) is 3.39. The summed E-state index contributed by atoms with van der Waals surface area (Å²) in [5, 5.41) is 0. The highest BCUT2D eigenvalue weighted by molar-refractivity contribution is 5.81. The molecule has 1 saturated heterocycles. The molecule has 2 N–H and O–H groups in total. The molecule has 0 radical (unpaired) electrons. The van der Waals surface area contributed by atoms with Crippen molar-refractivity contribution in [3.63, 3.8) is 0 Å². The van der Waals surface area contributed by atoms with E-state index >= 15 is 0 Å². The maximum Gasteiger partial charge on any atom is 0.239 e. The van der Waals surface area contributed by atoms with Crippen molar-refractivity contribution in [1.82, 2.24) is 4.90 Å². The SMILES string of the molecule is COCCCC(N)C(=O)N1CCCC(C)(C)C1. The standard InChI is InChI=1S/C13H26N2O2/c1-13(2)7-5-8-15(10-13)12(16)11(14)6-4-9-17-3/h11H,4-10,14H2,1-3H3. The molecule has 0 aromatic rings. The molecule has 0 aromatic heterocycles. The molecule has 1 heterocycles. The maximum atomic E-state index is 12.1. The zero-order chi connectivity index (χ0) is 12.9. The Morgan fingerprint density at radius 2 is 2.24 bits per heavy atom. The van der Waals surface area contributed by atoms with Crippen LogP contribution >= 0.6 is 0 Å². The molecule has 1 rings (SSSR count). The summed E-state index contributed by atoms with van der Waals surface area (Å²) in [6, 6.07) is -0.362. The Labute approximate surface area is 104 Å². The van der Waals surface area contributed by atoms with Crippen molar-refractivity contribution in [2.45, 2.75) is 45.6 Å². The number of hydrogen-bond acceptors (Lipinski definition) is 3. The van der Waals surface area contributed by atoms with Gasteiger partial charge in [0.1, 0.15) is 0 Å². The highest BCUT2D eigenvalue weighted by atomic mass is 16.5. The first-order chi connectivity index (χ1) is 7.96. The fourth-order valence-corrected chi connectivity index (χ4v) is 2.42. The number of ether oxygens (including phenoxy) is 1. The van der Waals surface area contributed by atoms with Crippen molar-refractivity contribution < 1.29 is 9.53 Å². The number of nitrogens with two attached hydrogens (primary N) is 1. The van der Waals surface area contributed by atoms with E-state index in [0.29, 0.717) is 13.0 Å². The van der Waals surface area contributed by atoms with E-state index in [1.54, 1.807) is 7.11 Å². The summed E-state index contributed by atoms with van der Waals surface area (Å²) < 4.78 is 4.97. The molecule has 0 aromatic carbocycles. The zero-order valence-corrected chi connectivity index (χ0v) is 11.4. The van der Waals surface area contributed by atoms with E-state index in [0.717, 1.165) is 25.9 Å². The molecule has 1 aliphatic heterocycles. The van der Waals surface area contributed by atoms with Gasteiger partial charge >= 0.3 is 0 Å². The van der Waals surface area contributed by atoms with Gasteiger partial charge in [-0.15, -0.1) is 0 Å². The lowest BCUT2D eigenvalue weighted by Crippen LogP contribution is -2.50. The average molecular weight is 242 g/mol. The molecule has 0 aliphatic carbocycles. The van der Waals surface area contributed by atoms with Gasteiger partial charge in [0, 0.05) is 26.8 Å². The summed E-state index contributed by atoms with van der Waals surface area (Å²) in [6.45, 7) is 6.79. The Morgan fingerprint density at radius 3 is 2.82 bits per heavy atom. The summed E-state index contributed by atoms with van der Waals surface area (Å²) in [6.07, 6.45) is 3.84. The maximum absolute atomic E-state index is 12.1. The normalized spacial score (nSPS) is 21.3. The molecule has 0 spiro atoms. The van der Waals surface area contributed by atoms with Crippen LogP contribution in [0.4, 0.5) is 0 Å². The number of likely N-dealkylation sites (tertiary alicyclic amines) is 1. The summed E-state index contributed by atoms with van der Waals surface area (Å²) in [4.78, 5) is 14.1. The lowest BCUT2D eigenvalue weighted by Gasteiger charge is -2.39. The average Bonchev–Trinajstić information content (AvgIpc) is 2.27. The van der Waals surface area contributed by atoms with E-state index < -0.39 is 0 Å². The second-order valence-electron chi connectivity index (χ2n) is 5.77. The first-order valence-corrected chi connectivity index (χ1v) is 6.49. The van der Waals surface area contributed by atoms with Crippen LogP contribution in [0.1, 0.15) is 39.5 Å². The summed E-state index contributed by atoms with van der Waals surface area (Å²) >= 11 is 0. The lowest BCUT2D eigenvalue weighted by atomic mass is 9.84. The van der Waals surface area contributed by atoms with Crippen LogP contribution in [0.5, 0.6) is 0 Å². The summed E-state index contributed by atoms with van der Waals surface area (Å²) in [5.41, 5.74) is 6.17. The zero-order valence-electron chi connectivity index (χ0n) is 11.4. The third kappa shape index (κ3) is 4.64. The number of rotatable bonds is 5. The molecule has 1 unspecified atom stereocenters. The fraction of sp³-hybridized carbons (Fsp3) is 0.923. The van der Waals surface area contributed by atoms with E-state index in [4.69, 9.17) is 10.5 Å². The molecule has 1 amide bonds. The van der Waals surface area contributed by atoms with Crippen molar-refractivity contribution in [2.75, 3.05) is 26.8 Å². The van der Waals surface area contributed by atoms with Crippen molar-refractivity contribution in [3.05, 3.63) is 0 Å². The van der Waals surface area contributed by atoms with Gasteiger partial charge in [-0.3, -0.25) is 4.79 Å². The van der Waals surface area contributed by atoms with Gasteiger partial charge in [0.05, 0.1) is 6.04 Å². The Morgan fingerprint density at radius 1 is 1.53 bits per heavy atom. The minimum Gasteiger partial charge on any atom is -0.385 e. The number of carbonyl (C=O) groups excluding carboxylic acids is 1. The molecule has 0 bridgehead atoms. The van der Waals surface area contributed by atoms with Crippen LogP contribution in [0, 0.1) is 5.41 Å². The van der Waals surface area contributed by atoms with Crippen LogP contribution in [0.15, 0.2) is 0 Å². The van der Waals surface area contributed by atoms with Crippen LogP contribution in [-0.4, -0.2) is 43.7 Å². The summed E-state index contributed by atoms with van der Waals surface area (Å²) in [5.74, 6) is 0.105. The number of piperidine rings is 1. The van der Waals surface area contributed by atoms with Crippen molar-refractivity contribution >= 4 is 5.91 Å². The van der Waals surface area contributed by atoms with Gasteiger partial charge in [-0.05, 0) is 31.1 Å². The van der Waals surface area contributed by atoms with Gasteiger partial charge in [-0.25, -0.2) is 0 Å². The predicted octanol–water partition coefficient (Wildman–Crippen LogP) is 1.39. The van der Waals surface area contributed by atoms with E-state index in [1.807, 2.05) is 4.90 Å². The number of nitrogens with zero attached hydrogens (tertiary/aromatic N) is 1. The topological polar surface area (TPSA) is 55.6 Å². The van der Waals surface area contributed by atoms with Crippen LogP contribution in [0.2, 0.25) is 0 Å². The molecule has 1 aliphatic rings. The van der Waals surface area contributed by atoms with E-state index in [9.17, 15) is 4.79 Å². The Bertz CT molecular complexity index is 254. The van der Waals surface area contributed by atoms with Gasteiger partial charge < -0.3 is 15.4 Å². The summed E-state index contributed by atoms with van der Waals surface area (Å²) in [7, 11) is 1.67. The highest BCUT2D eigenvalue weighted by Crippen LogP contribution is 2.28. The molecular weight excluding hydrogens is 216 g/mol. The number of amides is 1. The monoisotopic (exact) mass is 242 g/mol. The van der Waals surface area contributed by atoms with Gasteiger partial charge in [0.15, 0.2) is 0 Å². The Kier molecular flexibility index (Phi) is 5.40. The van der Waals surface area contributed by atoms with Crippen molar-refractivity contribution in [3.8, 4) is 0 Å². The fourth-order valence-electron chi connectivity index (χ4n) is 2.42. The molecule has 4 nitrogen and oxygen atoms in total. The molecular formula is C13H26N2O2. The van der Waals surface area contributed by atoms with E-state index in [-0.39, 0.29) is 17.4 Å². The van der Waals surface area contributed by atoms with Crippen molar-refractivity contribution in [2.24, 2.45) is 11.1 Å². The number of carbonyl (C=O) groups is 1. The molecule has 1 fully saturated rings. The third-order valence-electron chi connectivity index (χ3n) is 3.39. The van der Waals surface area contributed by atoms with Crippen LogP contribution in [-0.2, 0) is 9.53 Å². The van der Waals surface area contributed by atoms with Crippen LogP contribution in [0.25, 0.3) is 0 Å². The first-order valence-electron chi connectivity index (χ1n) is 6.49. The number of hydrogen-bond donors (Lipinski definition) is 1. The smallest absolute Gasteiger partial charge is 0.239 e. The van der Waals surface area contributed by atoms with E-state index in [1.165, 1.54) is 6.42 Å². The minimum atomic E-state index is -0.362. The lowest BCUT2D eigenvalue weighted by molar-refractivity contribution is -0.135. The van der Waals surface area contributed by atoms with Crippen LogP contribution in [0.3, 0.4) is 0 Å². The van der Waals surface area contributed by atoms with Gasteiger partial charge in [0.2, 0.25) is 5.91 Å². The van der Waals surface area contributed by atoms with Gasteiger partial charge in [-0.2, -0.15) is 0 Å². The molecule has 17 heavy (non-hydrogen) atoms. The molecule has 1 atom stereocenters. The molecule has 100 valence electrons. The Balaban J connectivity index is 2.40. The minimum absolute atomic E-state index is 0.105. The van der Waals surface area contributed by atoms with Crippen LogP contribution < -0.4 is 5.73 Å². The quantitative estimate of drug-likeness (QED) is 0.741. The van der Waals surface area contributed by atoms with Crippen molar-refractivity contribution in [1.29, 1.82) is 0 Å². The molecule has 4 heteroatoms. The first kappa shape index (κ1) is 14.5. The van der Waals surface area contributed by atoms with Gasteiger partial charge in [0.25, 0.3) is 0 Å². The Hall–Kier alpha value is -0.610. The number of methoxy groups -OCH3 is 1. The highest BCUT2D eigenvalue weighted by Gasteiger charge is 2.30. The predicted molar refractivity (Wildman–Crippen MR) is 68.7 cm³/mol. The largest absolute Gasteiger partial charge is 0.385 e. The second kappa shape index (κ2) is 6.36. The molecule has 0 saturated carbocycles. The van der Waals surface area contributed by atoms with E-state index in [2.05, 4.69) is 13.8 Å². The van der Waals surface area contributed by atoms with Gasteiger partial charge in [-0.1, -0.05) is 13.8 Å². The second-order valence-corrected chi connectivity index (χ2v) is 5.77.